The summed E-state index contributed by atoms with van der Waals surface area (Å²) >= 11 is 0. The Labute approximate surface area is 387 Å². The van der Waals surface area contributed by atoms with E-state index in [1.807, 2.05) is 0 Å². The predicted octanol–water partition coefficient (Wildman–Crippen LogP) is 13.8. The first-order valence-corrected chi connectivity index (χ1v) is 22.6. The lowest BCUT2D eigenvalue weighted by Gasteiger charge is -2.38. The first-order valence-electron chi connectivity index (χ1n) is 22.6. The van der Waals surface area contributed by atoms with Gasteiger partial charge in [0.05, 0.1) is 10.8 Å². The maximum Gasteiger partial charge on any atom is 0.148 e. The third kappa shape index (κ3) is 5.34. The normalized spacial score (nSPS) is 16.0. The summed E-state index contributed by atoms with van der Waals surface area (Å²) in [6.45, 7) is 2.68. The van der Waals surface area contributed by atoms with E-state index in [9.17, 15) is 0 Å². The first-order chi connectivity index (χ1) is 32.5. The third-order valence-electron chi connectivity index (χ3n) is 14.7. The maximum absolute atomic E-state index is 6.59. The van der Waals surface area contributed by atoms with Crippen molar-refractivity contribution in [2.45, 2.75) is 23.2 Å². The van der Waals surface area contributed by atoms with Gasteiger partial charge in [-0.2, -0.15) is 0 Å². The van der Waals surface area contributed by atoms with Gasteiger partial charge in [0.15, 0.2) is 0 Å². The van der Waals surface area contributed by atoms with Crippen LogP contribution in [0.5, 0.6) is 11.5 Å². The maximum atomic E-state index is 6.59. The van der Waals surface area contributed by atoms with E-state index in [0.717, 1.165) is 28.2 Å². The second-order valence-electron chi connectivity index (χ2n) is 17.7. The fraction of sp³-hybridized carbons (Fsp3) is 0.0938. The number of hydrogen-bond acceptors (Lipinski definition) is 2. The summed E-state index contributed by atoms with van der Waals surface area (Å²) in [5.74, 6) is 6.87. The van der Waals surface area contributed by atoms with Crippen LogP contribution in [0.15, 0.2) is 212 Å². The van der Waals surface area contributed by atoms with Gasteiger partial charge in [0.25, 0.3) is 0 Å². The highest BCUT2D eigenvalue weighted by molar-refractivity contribution is 5.91. The lowest BCUT2D eigenvalue weighted by atomic mass is 9.63. The Kier molecular flexibility index (Phi) is 9.03. The molecule has 0 saturated carbocycles. The molecule has 66 heavy (non-hydrogen) atoms. The van der Waals surface area contributed by atoms with E-state index in [2.05, 4.69) is 231 Å². The van der Waals surface area contributed by atoms with Gasteiger partial charge in [-0.3, -0.25) is 0 Å². The lowest BCUT2D eigenvalue weighted by Crippen LogP contribution is -2.32. The van der Waals surface area contributed by atoms with Crippen molar-refractivity contribution in [2.75, 3.05) is 13.2 Å². The van der Waals surface area contributed by atoms with Crippen LogP contribution in [0.25, 0.3) is 33.4 Å². The van der Waals surface area contributed by atoms with E-state index in [1.54, 1.807) is 0 Å². The Hall–Kier alpha value is -8.30. The zero-order valence-corrected chi connectivity index (χ0v) is 36.6. The largest absolute Gasteiger partial charge is 0.481 e. The Balaban J connectivity index is 1.19. The van der Waals surface area contributed by atoms with Crippen molar-refractivity contribution in [2.24, 2.45) is 0 Å². The molecule has 0 radical (unpaired) electrons. The van der Waals surface area contributed by atoms with Crippen molar-refractivity contribution in [3.8, 4) is 69.6 Å². The molecule has 9 aromatic carbocycles. The van der Waals surface area contributed by atoms with Crippen LogP contribution in [-0.4, -0.2) is 13.2 Å². The Morgan fingerprint density at radius 3 is 1.26 bits per heavy atom. The van der Waals surface area contributed by atoms with Gasteiger partial charge < -0.3 is 9.47 Å². The Morgan fingerprint density at radius 1 is 0.348 bits per heavy atom. The smallest absolute Gasteiger partial charge is 0.148 e. The number of benzene rings is 9. The summed E-state index contributed by atoms with van der Waals surface area (Å²) in [6, 6.07) is 78.1. The second-order valence-corrected chi connectivity index (χ2v) is 17.7. The van der Waals surface area contributed by atoms with Gasteiger partial charge in [0.2, 0.25) is 0 Å². The van der Waals surface area contributed by atoms with Crippen molar-refractivity contribution >= 4 is 0 Å². The molecule has 0 fully saturated rings. The molecule has 2 nitrogen and oxygen atoms in total. The highest BCUT2D eigenvalue weighted by atomic mass is 16.5. The molecule has 0 aliphatic heterocycles. The molecule has 0 amide bonds. The van der Waals surface area contributed by atoms with Crippen LogP contribution in [0.3, 0.4) is 0 Å². The highest BCUT2D eigenvalue weighted by Crippen LogP contribution is 2.62. The van der Waals surface area contributed by atoms with E-state index in [-0.39, 0.29) is 13.2 Å². The molecule has 0 aromatic heterocycles. The molecule has 312 valence electrons. The van der Waals surface area contributed by atoms with Crippen LogP contribution in [0.2, 0.25) is 0 Å². The van der Waals surface area contributed by atoms with Gasteiger partial charge in [0.1, 0.15) is 24.7 Å². The molecule has 0 spiro atoms. The third-order valence-corrected chi connectivity index (χ3v) is 14.7. The zero-order chi connectivity index (χ0) is 44.5. The predicted molar refractivity (Wildman–Crippen MR) is 267 cm³/mol. The summed E-state index contributed by atoms with van der Waals surface area (Å²) in [6.07, 6.45) is 11.6. The quantitative estimate of drug-likeness (QED) is 0.135. The summed E-state index contributed by atoms with van der Waals surface area (Å²) in [4.78, 5) is 0. The van der Waals surface area contributed by atoms with Crippen molar-refractivity contribution in [1.82, 2.24) is 0 Å². The standard InChI is InChI=1S/C64H44O2/c1-4-39-65-47-35-31-44(32-36-47)64(46-34-38-61(66-40-5-2)60(42-46)62(3)54-26-14-9-21-48(54)49-22-10-15-27-55(49)62)58-30-18-13-25-52(58)53-37-33-45(41-59(53)64)63(43-19-7-6-8-20-43)56-28-16-11-23-50(56)51-24-12-17-29-57(51)63/h1-2,6-38,41-42H,39-40H2,3H3. The van der Waals surface area contributed by atoms with E-state index in [4.69, 9.17) is 22.3 Å². The van der Waals surface area contributed by atoms with Crippen LogP contribution in [0.4, 0.5) is 0 Å². The van der Waals surface area contributed by atoms with Crippen molar-refractivity contribution < 1.29 is 9.47 Å². The summed E-state index contributed by atoms with van der Waals surface area (Å²) < 4.78 is 12.6. The molecule has 3 aliphatic carbocycles. The SMILES string of the molecule is C#CCOc1ccc(C2(c3ccc(OCC#C)c(C4(C)c5ccccc5-c5ccccc54)c3)c3ccccc3-c3ccc(C4(c5ccccc5)c5ccccc5-c5ccccc54)cc32)cc1. The minimum atomic E-state index is -0.796. The van der Waals surface area contributed by atoms with Gasteiger partial charge in [0, 0.05) is 11.0 Å². The lowest BCUT2D eigenvalue weighted by molar-refractivity contribution is 0.361. The second kappa shape index (κ2) is 15.2. The Morgan fingerprint density at radius 2 is 0.727 bits per heavy atom. The number of hydrogen-bond donors (Lipinski definition) is 0. The monoisotopic (exact) mass is 844 g/mol. The average molecular weight is 845 g/mol. The van der Waals surface area contributed by atoms with Crippen molar-refractivity contribution in [1.29, 1.82) is 0 Å². The molecule has 0 saturated heterocycles. The van der Waals surface area contributed by atoms with E-state index in [1.165, 1.54) is 77.9 Å². The van der Waals surface area contributed by atoms with Crippen LogP contribution in [-0.2, 0) is 16.2 Å². The van der Waals surface area contributed by atoms with Gasteiger partial charge >= 0.3 is 0 Å². The van der Waals surface area contributed by atoms with Crippen LogP contribution >= 0.6 is 0 Å². The minimum Gasteiger partial charge on any atom is -0.481 e. The summed E-state index contributed by atoms with van der Waals surface area (Å²) in [5, 5.41) is 0. The number of fused-ring (bicyclic) bond motifs is 9. The zero-order valence-electron chi connectivity index (χ0n) is 36.6. The molecule has 9 aromatic rings. The molecule has 3 aliphatic rings. The molecular formula is C64H44O2. The molecular weight excluding hydrogens is 801 g/mol. The highest BCUT2D eigenvalue weighted by Gasteiger charge is 2.51. The van der Waals surface area contributed by atoms with Gasteiger partial charge in [-0.15, -0.1) is 12.8 Å². The number of terminal acetylenes is 2. The first kappa shape index (κ1) is 39.3. The fourth-order valence-electron chi connectivity index (χ4n) is 12.1. The molecule has 1 atom stereocenters. The van der Waals surface area contributed by atoms with Crippen LogP contribution < -0.4 is 9.47 Å². The molecule has 1 unspecified atom stereocenters. The molecule has 12 rings (SSSR count). The minimum absolute atomic E-state index is 0.148. The van der Waals surface area contributed by atoms with Crippen molar-refractivity contribution in [3.05, 3.63) is 274 Å². The van der Waals surface area contributed by atoms with Crippen LogP contribution in [0, 0.1) is 24.7 Å². The van der Waals surface area contributed by atoms with E-state index >= 15 is 0 Å². The van der Waals surface area contributed by atoms with Gasteiger partial charge in [-0.25, -0.2) is 0 Å². The number of ether oxygens (including phenoxy) is 2. The Bertz CT molecular complexity index is 3380. The fourth-order valence-corrected chi connectivity index (χ4v) is 12.1. The van der Waals surface area contributed by atoms with Crippen molar-refractivity contribution in [3.63, 3.8) is 0 Å². The topological polar surface area (TPSA) is 18.5 Å². The van der Waals surface area contributed by atoms with Gasteiger partial charge in [-0.05, 0) is 120 Å². The molecule has 0 heterocycles. The summed E-state index contributed by atoms with van der Waals surface area (Å²) in [7, 11) is 0. The molecule has 0 N–H and O–H groups in total. The molecule has 2 heteroatoms. The molecule has 0 bridgehead atoms. The average Bonchev–Trinajstić information content (AvgIpc) is 3.96. The van der Waals surface area contributed by atoms with E-state index < -0.39 is 16.2 Å². The van der Waals surface area contributed by atoms with E-state index in [0.29, 0.717) is 0 Å². The van der Waals surface area contributed by atoms with Crippen LogP contribution in [0.1, 0.15) is 68.1 Å². The number of rotatable bonds is 9. The summed E-state index contributed by atoms with van der Waals surface area (Å²) in [5.41, 5.74) is 18.5. The van der Waals surface area contributed by atoms with Gasteiger partial charge in [-0.1, -0.05) is 200 Å².